The monoisotopic (exact) mass is 255 g/mol. The lowest BCUT2D eigenvalue weighted by Crippen LogP contribution is -2.42. The molecule has 0 spiro atoms. The molecule has 0 heterocycles. The summed E-state index contributed by atoms with van der Waals surface area (Å²) < 4.78 is 16.2. The van der Waals surface area contributed by atoms with Crippen molar-refractivity contribution < 1.29 is 13.7 Å². The second kappa shape index (κ2) is 5.31. The van der Waals surface area contributed by atoms with Crippen LogP contribution in [0.3, 0.4) is 0 Å². The molecule has 0 aliphatic heterocycles. The van der Waals surface area contributed by atoms with Crippen molar-refractivity contribution in [2.45, 2.75) is 31.2 Å². The van der Waals surface area contributed by atoms with Crippen LogP contribution in [-0.2, 0) is 10.8 Å². The van der Waals surface area contributed by atoms with Gasteiger partial charge in [-0.1, -0.05) is 0 Å². The van der Waals surface area contributed by atoms with Crippen molar-refractivity contribution in [1.82, 2.24) is 5.32 Å². The van der Waals surface area contributed by atoms with E-state index in [4.69, 9.17) is 4.74 Å². The molecule has 5 heteroatoms. The quantitative estimate of drug-likeness (QED) is 0.882. The summed E-state index contributed by atoms with van der Waals surface area (Å²) in [7, 11) is -1.02. The van der Waals surface area contributed by atoms with E-state index < -0.39 is 16.9 Å². The van der Waals surface area contributed by atoms with Gasteiger partial charge in [-0.3, -0.25) is 4.21 Å². The van der Waals surface area contributed by atoms with Gasteiger partial charge in [-0.15, -0.1) is 0 Å². The molecule has 1 rings (SSSR count). The SMILES string of the molecule is CS(=O)c1ccc(OC(=O)NC(C)(C)C)cc1. The van der Waals surface area contributed by atoms with E-state index in [1.807, 2.05) is 20.8 Å². The lowest BCUT2D eigenvalue weighted by Gasteiger charge is -2.19. The maximum atomic E-state index is 11.5. The molecule has 1 N–H and O–H groups in total. The van der Waals surface area contributed by atoms with Crippen LogP contribution in [0.25, 0.3) is 0 Å². The van der Waals surface area contributed by atoms with E-state index >= 15 is 0 Å². The van der Waals surface area contributed by atoms with Gasteiger partial charge in [0.25, 0.3) is 0 Å². The first-order valence-electron chi connectivity index (χ1n) is 5.21. The summed E-state index contributed by atoms with van der Waals surface area (Å²) in [5, 5.41) is 2.68. The summed E-state index contributed by atoms with van der Waals surface area (Å²) in [6.45, 7) is 5.62. The molecule has 0 aliphatic carbocycles. The molecule has 1 atom stereocenters. The molecular formula is C12H17NO3S. The summed E-state index contributed by atoms with van der Waals surface area (Å²) in [5.41, 5.74) is -0.331. The number of hydrogen-bond donors (Lipinski definition) is 1. The van der Waals surface area contributed by atoms with E-state index in [-0.39, 0.29) is 5.54 Å². The standard InChI is InChI=1S/C12H17NO3S/c1-12(2,3)13-11(14)16-9-5-7-10(8-6-9)17(4)15/h5-8H,1-4H3,(H,13,14). The molecule has 0 fully saturated rings. The molecule has 1 aromatic carbocycles. The molecule has 17 heavy (non-hydrogen) atoms. The molecule has 0 saturated carbocycles. The van der Waals surface area contributed by atoms with Gasteiger partial charge in [0.1, 0.15) is 5.75 Å². The Morgan fingerprint density at radius 2 is 1.76 bits per heavy atom. The van der Waals surface area contributed by atoms with Crippen molar-refractivity contribution in [1.29, 1.82) is 0 Å². The smallest absolute Gasteiger partial charge is 0.410 e. The lowest BCUT2D eigenvalue weighted by molar-refractivity contribution is 0.190. The summed E-state index contributed by atoms with van der Waals surface area (Å²) in [4.78, 5) is 12.2. The zero-order valence-electron chi connectivity index (χ0n) is 10.4. The lowest BCUT2D eigenvalue weighted by atomic mass is 10.1. The van der Waals surface area contributed by atoms with Gasteiger partial charge in [-0.2, -0.15) is 0 Å². The van der Waals surface area contributed by atoms with Crippen LogP contribution in [-0.4, -0.2) is 22.1 Å². The minimum atomic E-state index is -1.02. The first kappa shape index (κ1) is 13.7. The van der Waals surface area contributed by atoms with Crippen LogP contribution in [0.15, 0.2) is 29.2 Å². The fraction of sp³-hybridized carbons (Fsp3) is 0.417. The highest BCUT2D eigenvalue weighted by Gasteiger charge is 2.15. The van der Waals surface area contributed by atoms with E-state index in [0.717, 1.165) is 0 Å². The molecular weight excluding hydrogens is 238 g/mol. The van der Waals surface area contributed by atoms with Crippen LogP contribution in [0, 0.1) is 0 Å². The van der Waals surface area contributed by atoms with Crippen molar-refractivity contribution in [2.75, 3.05) is 6.26 Å². The molecule has 0 aliphatic rings. The van der Waals surface area contributed by atoms with Gasteiger partial charge in [0.05, 0.1) is 0 Å². The molecule has 0 radical (unpaired) electrons. The first-order chi connectivity index (χ1) is 7.78. The highest BCUT2D eigenvalue weighted by Crippen LogP contribution is 2.14. The van der Waals surface area contributed by atoms with Crippen molar-refractivity contribution >= 4 is 16.9 Å². The Morgan fingerprint density at radius 1 is 1.24 bits per heavy atom. The van der Waals surface area contributed by atoms with Crippen LogP contribution in [0.5, 0.6) is 5.75 Å². The summed E-state index contributed by atoms with van der Waals surface area (Å²) >= 11 is 0. The van der Waals surface area contributed by atoms with E-state index in [2.05, 4.69) is 5.32 Å². The van der Waals surface area contributed by atoms with E-state index in [9.17, 15) is 9.00 Å². The highest BCUT2D eigenvalue weighted by molar-refractivity contribution is 7.84. The Bertz CT molecular complexity index is 420. The number of amides is 1. The van der Waals surface area contributed by atoms with Gasteiger partial charge >= 0.3 is 6.09 Å². The fourth-order valence-corrected chi connectivity index (χ4v) is 1.66. The number of hydrogen-bond acceptors (Lipinski definition) is 3. The fourth-order valence-electron chi connectivity index (χ4n) is 1.14. The van der Waals surface area contributed by atoms with Crippen molar-refractivity contribution in [3.05, 3.63) is 24.3 Å². The van der Waals surface area contributed by atoms with Gasteiger partial charge in [-0.05, 0) is 45.0 Å². The Balaban J connectivity index is 2.64. The van der Waals surface area contributed by atoms with Crippen LogP contribution < -0.4 is 10.1 Å². The highest BCUT2D eigenvalue weighted by atomic mass is 32.2. The molecule has 1 amide bonds. The van der Waals surface area contributed by atoms with Gasteiger partial charge < -0.3 is 10.1 Å². The minimum absolute atomic E-state index is 0.331. The third-order valence-corrected chi connectivity index (χ3v) is 2.78. The zero-order chi connectivity index (χ0) is 13.1. The van der Waals surface area contributed by atoms with Gasteiger partial charge in [-0.25, -0.2) is 4.79 Å². The van der Waals surface area contributed by atoms with Crippen LogP contribution in [0.4, 0.5) is 4.79 Å². The van der Waals surface area contributed by atoms with Crippen molar-refractivity contribution in [3.8, 4) is 5.75 Å². The van der Waals surface area contributed by atoms with E-state index in [0.29, 0.717) is 10.6 Å². The van der Waals surface area contributed by atoms with E-state index in [1.165, 1.54) is 0 Å². The maximum absolute atomic E-state index is 11.5. The Kier molecular flexibility index (Phi) is 4.28. The number of ether oxygens (including phenoxy) is 1. The number of nitrogens with one attached hydrogen (secondary N) is 1. The average molecular weight is 255 g/mol. The normalized spacial score (nSPS) is 12.9. The van der Waals surface area contributed by atoms with Gasteiger partial charge in [0.2, 0.25) is 0 Å². The molecule has 0 aromatic heterocycles. The van der Waals surface area contributed by atoms with Crippen LogP contribution in [0.1, 0.15) is 20.8 Å². The van der Waals surface area contributed by atoms with Crippen LogP contribution in [0.2, 0.25) is 0 Å². The van der Waals surface area contributed by atoms with Gasteiger partial charge in [0.15, 0.2) is 0 Å². The Labute approximate surface area is 104 Å². The first-order valence-corrected chi connectivity index (χ1v) is 6.77. The number of rotatable bonds is 2. The van der Waals surface area contributed by atoms with E-state index in [1.54, 1.807) is 30.5 Å². The molecule has 0 bridgehead atoms. The Morgan fingerprint density at radius 3 is 2.18 bits per heavy atom. The predicted molar refractivity (Wildman–Crippen MR) is 67.7 cm³/mol. The molecule has 4 nitrogen and oxygen atoms in total. The largest absolute Gasteiger partial charge is 0.413 e. The van der Waals surface area contributed by atoms with Crippen molar-refractivity contribution in [3.63, 3.8) is 0 Å². The molecule has 0 saturated heterocycles. The average Bonchev–Trinajstić information content (AvgIpc) is 2.15. The Hall–Kier alpha value is -1.36. The molecule has 94 valence electrons. The second-order valence-electron chi connectivity index (χ2n) is 4.69. The zero-order valence-corrected chi connectivity index (χ0v) is 11.3. The van der Waals surface area contributed by atoms with Crippen LogP contribution >= 0.6 is 0 Å². The van der Waals surface area contributed by atoms with Gasteiger partial charge in [0, 0.05) is 27.5 Å². The van der Waals surface area contributed by atoms with Crippen molar-refractivity contribution in [2.24, 2.45) is 0 Å². The second-order valence-corrected chi connectivity index (χ2v) is 6.07. The predicted octanol–water partition coefficient (Wildman–Crippen LogP) is 2.31. The summed E-state index contributed by atoms with van der Waals surface area (Å²) in [6, 6.07) is 6.60. The minimum Gasteiger partial charge on any atom is -0.410 e. The number of carbonyl (C=O) groups excluding carboxylic acids is 1. The third kappa shape index (κ3) is 4.99. The summed E-state index contributed by atoms with van der Waals surface area (Å²) in [5.74, 6) is 0.431. The maximum Gasteiger partial charge on any atom is 0.413 e. The summed E-state index contributed by atoms with van der Waals surface area (Å²) in [6.07, 6.45) is 1.10. The third-order valence-electron chi connectivity index (χ3n) is 1.84. The molecule has 1 unspecified atom stereocenters. The number of benzene rings is 1. The topological polar surface area (TPSA) is 55.4 Å². The molecule has 1 aromatic rings. The number of carbonyl (C=O) groups is 1.